The summed E-state index contributed by atoms with van der Waals surface area (Å²) in [6, 6.07) is 15.1. The van der Waals surface area contributed by atoms with Gasteiger partial charge in [0.1, 0.15) is 23.7 Å². The second kappa shape index (κ2) is 7.98. The number of aryl methyl sites for hydroxylation is 1. The van der Waals surface area contributed by atoms with Gasteiger partial charge < -0.3 is 9.23 Å². The van der Waals surface area contributed by atoms with Gasteiger partial charge in [-0.1, -0.05) is 75.6 Å². The molecule has 0 bridgehead atoms. The molecule has 2 aromatic carbocycles. The van der Waals surface area contributed by atoms with Crippen molar-refractivity contribution in [3.63, 3.8) is 0 Å². The summed E-state index contributed by atoms with van der Waals surface area (Å²) in [4.78, 5) is 2.30. The number of imidazole rings is 1. The van der Waals surface area contributed by atoms with Gasteiger partial charge in [-0.25, -0.2) is 9.13 Å². The summed E-state index contributed by atoms with van der Waals surface area (Å²) in [5, 5.41) is 1.17. The third-order valence-corrected chi connectivity index (χ3v) is 7.00. The van der Waals surface area contributed by atoms with Crippen LogP contribution in [0.2, 0.25) is 0 Å². The van der Waals surface area contributed by atoms with E-state index in [1.807, 2.05) is 6.07 Å². The molecule has 5 rings (SSSR count). The predicted molar refractivity (Wildman–Crippen MR) is 139 cm³/mol. The van der Waals surface area contributed by atoms with Crippen LogP contribution in [0.3, 0.4) is 0 Å². The minimum absolute atomic E-state index is 0.0679. The van der Waals surface area contributed by atoms with Gasteiger partial charge in [0.15, 0.2) is 5.88 Å². The first-order valence-electron chi connectivity index (χ1n) is 11.9. The molecule has 0 spiro atoms. The van der Waals surface area contributed by atoms with E-state index in [-0.39, 0.29) is 6.85 Å². The van der Waals surface area contributed by atoms with E-state index in [2.05, 4.69) is 118 Å². The van der Waals surface area contributed by atoms with E-state index < -0.39 is 0 Å². The van der Waals surface area contributed by atoms with Crippen LogP contribution in [-0.2, 0) is 7.05 Å². The van der Waals surface area contributed by atoms with E-state index in [1.165, 1.54) is 39.0 Å². The monoisotopic (exact) mass is 438 g/mol. The maximum absolute atomic E-state index is 6.35. The quantitative estimate of drug-likeness (QED) is 0.307. The molecule has 4 nitrogen and oxygen atoms in total. The summed E-state index contributed by atoms with van der Waals surface area (Å²) < 4.78 is 11.0. The Morgan fingerprint density at radius 3 is 2.27 bits per heavy atom. The van der Waals surface area contributed by atoms with Gasteiger partial charge >= 0.3 is 6.85 Å². The Kier molecular flexibility index (Phi) is 5.23. The van der Waals surface area contributed by atoms with Crippen molar-refractivity contribution in [2.24, 2.45) is 7.05 Å². The molecule has 0 fully saturated rings. The summed E-state index contributed by atoms with van der Waals surface area (Å²) in [5.41, 5.74) is 8.72. The van der Waals surface area contributed by atoms with Crippen molar-refractivity contribution in [2.75, 3.05) is 11.9 Å². The number of allylic oxidation sites excluding steroid dienone is 1. The highest BCUT2D eigenvalue weighted by atomic mass is 16.4. The number of aromatic nitrogens is 2. The summed E-state index contributed by atoms with van der Waals surface area (Å²) in [6.45, 7) is 11.4. The van der Waals surface area contributed by atoms with Gasteiger partial charge in [-0.05, 0) is 31.9 Å². The average molecular weight is 438 g/mol. The van der Waals surface area contributed by atoms with Crippen LogP contribution in [0, 0.1) is 0 Å². The van der Waals surface area contributed by atoms with Gasteiger partial charge in [0, 0.05) is 22.1 Å². The maximum Gasteiger partial charge on any atom is 0.426 e. The number of benzene rings is 2. The lowest BCUT2D eigenvalue weighted by Crippen LogP contribution is -2.63. The van der Waals surface area contributed by atoms with E-state index in [0.717, 1.165) is 11.5 Å². The Bertz CT molecular complexity index is 1350. The van der Waals surface area contributed by atoms with Gasteiger partial charge in [-0.2, -0.15) is 0 Å². The zero-order chi connectivity index (χ0) is 23.4. The number of anilines is 1. The van der Waals surface area contributed by atoms with Crippen molar-refractivity contribution < 1.29 is 8.98 Å². The number of rotatable bonds is 4. The molecule has 168 valence electrons. The highest BCUT2D eigenvalue weighted by Crippen LogP contribution is 2.38. The number of furan rings is 1. The van der Waals surface area contributed by atoms with Gasteiger partial charge in [0.05, 0.1) is 7.05 Å². The number of fused-ring (bicyclic) bond motifs is 3. The highest BCUT2D eigenvalue weighted by molar-refractivity contribution is 6.82. The highest BCUT2D eigenvalue weighted by Gasteiger charge is 2.42. The molecule has 3 heterocycles. The van der Waals surface area contributed by atoms with Crippen molar-refractivity contribution in [3.8, 4) is 5.69 Å². The third-order valence-electron chi connectivity index (χ3n) is 7.00. The number of hydrogen-bond donors (Lipinski definition) is 0. The van der Waals surface area contributed by atoms with Crippen LogP contribution in [0.4, 0.5) is 5.88 Å². The molecule has 4 aromatic rings. The average Bonchev–Trinajstić information content (AvgIpc) is 3.34. The SMILES string of the molecule is CC1=Cc2c(oc3ccccc23)N(C)B1c1n(-c2c(C(C)C)cccc2C(C)C)cc[n+]1C. The number of nitrogens with zero attached hydrogens (tertiary/aromatic N) is 3. The fourth-order valence-corrected chi connectivity index (χ4v) is 5.35. The second-order valence-corrected chi connectivity index (χ2v) is 9.95. The lowest BCUT2D eigenvalue weighted by Gasteiger charge is -2.28. The molecular weight excluding hydrogens is 405 g/mol. The Morgan fingerprint density at radius 2 is 1.61 bits per heavy atom. The van der Waals surface area contributed by atoms with Crippen molar-refractivity contribution in [1.29, 1.82) is 0 Å². The van der Waals surface area contributed by atoms with E-state index in [9.17, 15) is 0 Å². The topological polar surface area (TPSA) is 25.2 Å². The summed E-state index contributed by atoms with van der Waals surface area (Å²) in [5.74, 6) is 1.80. The molecule has 0 amide bonds. The minimum atomic E-state index is 0.0679. The van der Waals surface area contributed by atoms with Crippen LogP contribution in [0.15, 0.2) is 64.7 Å². The molecule has 0 aliphatic carbocycles. The fourth-order valence-electron chi connectivity index (χ4n) is 5.35. The van der Waals surface area contributed by atoms with Crippen LogP contribution in [0.1, 0.15) is 63.1 Å². The van der Waals surface area contributed by atoms with Crippen molar-refractivity contribution >= 4 is 35.5 Å². The molecule has 0 saturated carbocycles. The van der Waals surface area contributed by atoms with Crippen LogP contribution >= 0.6 is 0 Å². The van der Waals surface area contributed by atoms with E-state index >= 15 is 0 Å². The van der Waals surface area contributed by atoms with Gasteiger partial charge in [-0.3, -0.25) is 0 Å². The fraction of sp³-hybridized carbons (Fsp3) is 0.321. The third kappa shape index (κ3) is 3.33. The smallest absolute Gasteiger partial charge is 0.426 e. The minimum Gasteiger partial charge on any atom is -0.441 e. The lowest BCUT2D eigenvalue weighted by atomic mass is 9.51. The van der Waals surface area contributed by atoms with Crippen LogP contribution < -0.4 is 15.1 Å². The molecule has 1 aliphatic rings. The van der Waals surface area contributed by atoms with Crippen LogP contribution in [0.5, 0.6) is 0 Å². The molecule has 33 heavy (non-hydrogen) atoms. The molecule has 2 aromatic heterocycles. The molecule has 0 saturated heterocycles. The Morgan fingerprint density at radius 1 is 0.939 bits per heavy atom. The summed E-state index contributed by atoms with van der Waals surface area (Å²) in [7, 11) is 4.30. The molecule has 0 atom stereocenters. The van der Waals surface area contributed by atoms with Crippen molar-refractivity contribution in [2.45, 2.75) is 46.5 Å². The predicted octanol–water partition coefficient (Wildman–Crippen LogP) is 5.59. The zero-order valence-corrected chi connectivity index (χ0v) is 20.8. The largest absolute Gasteiger partial charge is 0.441 e. The molecule has 0 unspecified atom stereocenters. The van der Waals surface area contributed by atoms with E-state index in [4.69, 9.17) is 4.42 Å². The lowest BCUT2D eigenvalue weighted by molar-refractivity contribution is -0.653. The van der Waals surface area contributed by atoms with Crippen molar-refractivity contribution in [3.05, 3.63) is 77.0 Å². The Labute approximate surface area is 197 Å². The van der Waals surface area contributed by atoms with E-state index in [0.29, 0.717) is 11.8 Å². The standard InChI is InChI=1S/C28H33BN3O/c1-18(2)21-12-10-13-22(19(3)4)26(21)32-16-15-30(6)28(32)29-20(5)17-24-23-11-8-9-14-25(23)33-27(24)31(29)7/h8-19H,1-7H3/q+1. The molecule has 5 heteroatoms. The number of hydrogen-bond acceptors (Lipinski definition) is 2. The summed E-state index contributed by atoms with van der Waals surface area (Å²) >= 11 is 0. The Balaban J connectivity index is 1.73. The number of para-hydroxylation sites is 2. The first-order chi connectivity index (χ1) is 15.8. The molecule has 0 N–H and O–H groups in total. The van der Waals surface area contributed by atoms with Crippen LogP contribution in [0.25, 0.3) is 22.7 Å². The molecule has 1 aliphatic heterocycles. The summed E-state index contributed by atoms with van der Waals surface area (Å²) in [6.07, 6.45) is 6.70. The molecule has 0 radical (unpaired) electrons. The van der Waals surface area contributed by atoms with Gasteiger partial charge in [-0.15, -0.1) is 0 Å². The van der Waals surface area contributed by atoms with Gasteiger partial charge in [0.2, 0.25) is 5.72 Å². The van der Waals surface area contributed by atoms with Gasteiger partial charge in [0.25, 0.3) is 0 Å². The second-order valence-electron chi connectivity index (χ2n) is 9.95. The Hall–Kier alpha value is -3.21. The first-order valence-corrected chi connectivity index (χ1v) is 11.9. The van der Waals surface area contributed by atoms with Crippen molar-refractivity contribution in [1.82, 2.24) is 4.57 Å². The van der Waals surface area contributed by atoms with E-state index in [1.54, 1.807) is 0 Å². The maximum atomic E-state index is 6.35. The first kappa shape index (κ1) is 21.6. The normalized spacial score (nSPS) is 13.9. The molecular formula is C28H33BN3O+. The van der Waals surface area contributed by atoms with Crippen LogP contribution in [-0.4, -0.2) is 18.5 Å². The zero-order valence-electron chi connectivity index (χ0n) is 20.8.